The highest BCUT2D eigenvalue weighted by Gasteiger charge is 2.28. The Hall–Kier alpha value is -1.80. The third kappa shape index (κ3) is 1.92. The summed E-state index contributed by atoms with van der Waals surface area (Å²) < 4.78 is 5.27. The molecule has 0 aliphatic carbocycles. The molecule has 1 aromatic rings. The Morgan fingerprint density at radius 3 is 3.12 bits per heavy atom. The van der Waals surface area contributed by atoms with Crippen LogP contribution in [0.25, 0.3) is 0 Å². The molecule has 2 heterocycles. The number of nitrogens with zero attached hydrogens (tertiary/aromatic N) is 2. The van der Waals surface area contributed by atoms with E-state index in [1.165, 1.54) is 0 Å². The van der Waals surface area contributed by atoms with Crippen molar-refractivity contribution >= 4 is 5.91 Å². The maximum Gasteiger partial charge on any atom is 0.290 e. The zero-order chi connectivity index (χ0) is 11.5. The van der Waals surface area contributed by atoms with Gasteiger partial charge in [0.1, 0.15) is 11.8 Å². The molecule has 1 aromatic heterocycles. The average molecular weight is 219 g/mol. The zero-order valence-electron chi connectivity index (χ0n) is 9.06. The molecule has 0 saturated carbocycles. The van der Waals surface area contributed by atoms with Gasteiger partial charge >= 0.3 is 0 Å². The van der Waals surface area contributed by atoms with E-state index in [4.69, 9.17) is 9.68 Å². The van der Waals surface area contributed by atoms with Crippen LogP contribution in [0.2, 0.25) is 0 Å². The molecule has 1 aliphatic heterocycles. The molecule has 1 fully saturated rings. The van der Waals surface area contributed by atoms with Gasteiger partial charge in [-0.3, -0.25) is 4.79 Å². The summed E-state index contributed by atoms with van der Waals surface area (Å²) in [5.41, 5.74) is 0. The number of rotatable bonds is 1. The quantitative estimate of drug-likeness (QED) is 0.747. The summed E-state index contributed by atoms with van der Waals surface area (Å²) in [7, 11) is 0. The molecule has 1 aliphatic rings. The van der Waals surface area contributed by atoms with E-state index in [9.17, 15) is 4.79 Å². The lowest BCUT2D eigenvalue weighted by Gasteiger charge is -2.31. The Morgan fingerprint density at radius 2 is 2.50 bits per heavy atom. The van der Waals surface area contributed by atoms with Crippen molar-refractivity contribution < 1.29 is 9.21 Å². The van der Waals surface area contributed by atoms with E-state index in [1.807, 2.05) is 0 Å². The number of nitriles is 1. The minimum Gasteiger partial charge on any atom is -0.456 e. The molecular weight excluding hydrogens is 206 g/mol. The Morgan fingerprint density at radius 1 is 1.69 bits per heavy atom. The van der Waals surface area contributed by atoms with Gasteiger partial charge in [-0.1, -0.05) is 0 Å². The van der Waals surface area contributed by atoms with E-state index < -0.39 is 6.04 Å². The first kappa shape index (κ1) is 10.7. The van der Waals surface area contributed by atoms with Gasteiger partial charge in [0, 0.05) is 19.6 Å². The van der Waals surface area contributed by atoms with Crippen molar-refractivity contribution in [1.82, 2.24) is 10.2 Å². The fraction of sp³-hybridized carbons (Fsp3) is 0.455. The topological polar surface area (TPSA) is 69.3 Å². The van der Waals surface area contributed by atoms with Gasteiger partial charge in [0.15, 0.2) is 5.76 Å². The summed E-state index contributed by atoms with van der Waals surface area (Å²) in [6, 6.07) is 5.10. The number of carbonyl (C=O) groups excluding carboxylic acids is 1. The first-order chi connectivity index (χ1) is 7.72. The van der Waals surface area contributed by atoms with Crippen LogP contribution in [-0.2, 0) is 0 Å². The number of piperazine rings is 1. The van der Waals surface area contributed by atoms with Crippen LogP contribution in [0.4, 0.5) is 0 Å². The summed E-state index contributed by atoms with van der Waals surface area (Å²) in [6.45, 7) is 3.55. The Labute approximate surface area is 93.6 Å². The van der Waals surface area contributed by atoms with Crippen molar-refractivity contribution in [1.29, 1.82) is 5.26 Å². The monoisotopic (exact) mass is 219 g/mol. The van der Waals surface area contributed by atoms with E-state index >= 15 is 0 Å². The summed E-state index contributed by atoms with van der Waals surface area (Å²) in [5.74, 6) is 0.799. The third-order valence-electron chi connectivity index (χ3n) is 2.60. The van der Waals surface area contributed by atoms with Crippen molar-refractivity contribution in [2.24, 2.45) is 0 Å². The largest absolute Gasteiger partial charge is 0.456 e. The van der Waals surface area contributed by atoms with Crippen molar-refractivity contribution in [3.63, 3.8) is 0 Å². The molecule has 1 atom stereocenters. The molecule has 16 heavy (non-hydrogen) atoms. The molecule has 1 N–H and O–H groups in total. The number of hydrogen-bond donors (Lipinski definition) is 1. The molecule has 5 heteroatoms. The minimum atomic E-state index is -0.411. The predicted molar refractivity (Wildman–Crippen MR) is 56.8 cm³/mol. The van der Waals surface area contributed by atoms with Crippen molar-refractivity contribution in [2.45, 2.75) is 13.0 Å². The van der Waals surface area contributed by atoms with Crippen molar-refractivity contribution in [3.05, 3.63) is 23.7 Å². The second-order valence-corrected chi connectivity index (χ2v) is 3.76. The number of aryl methyl sites for hydroxylation is 1. The molecule has 84 valence electrons. The first-order valence-electron chi connectivity index (χ1n) is 5.20. The molecule has 2 rings (SSSR count). The van der Waals surface area contributed by atoms with Crippen LogP contribution >= 0.6 is 0 Å². The molecular formula is C11H13N3O2. The minimum absolute atomic E-state index is 0.207. The van der Waals surface area contributed by atoms with Gasteiger partial charge in [-0.15, -0.1) is 0 Å². The lowest BCUT2D eigenvalue weighted by atomic mass is 10.2. The van der Waals surface area contributed by atoms with Gasteiger partial charge in [-0.2, -0.15) is 5.26 Å². The summed E-state index contributed by atoms with van der Waals surface area (Å²) in [6.07, 6.45) is 0. The Balaban J connectivity index is 2.17. The van der Waals surface area contributed by atoms with Gasteiger partial charge in [0.2, 0.25) is 0 Å². The lowest BCUT2D eigenvalue weighted by Crippen LogP contribution is -2.52. The van der Waals surface area contributed by atoms with E-state index in [1.54, 1.807) is 24.0 Å². The van der Waals surface area contributed by atoms with E-state index in [0.29, 0.717) is 31.2 Å². The van der Waals surface area contributed by atoms with Gasteiger partial charge in [0.25, 0.3) is 5.91 Å². The van der Waals surface area contributed by atoms with Crippen LogP contribution in [0.1, 0.15) is 16.3 Å². The Bertz CT molecular complexity index is 433. The Kier molecular flexibility index (Phi) is 2.93. The molecule has 1 amide bonds. The van der Waals surface area contributed by atoms with Crippen LogP contribution in [0.3, 0.4) is 0 Å². The fourth-order valence-corrected chi connectivity index (χ4v) is 1.75. The van der Waals surface area contributed by atoms with Crippen LogP contribution < -0.4 is 5.32 Å². The average Bonchev–Trinajstić information content (AvgIpc) is 2.75. The van der Waals surface area contributed by atoms with Gasteiger partial charge in [-0.25, -0.2) is 0 Å². The smallest absolute Gasteiger partial charge is 0.290 e. The molecule has 0 radical (unpaired) electrons. The second-order valence-electron chi connectivity index (χ2n) is 3.76. The van der Waals surface area contributed by atoms with E-state index in [2.05, 4.69) is 11.4 Å². The molecule has 1 saturated heterocycles. The fourth-order valence-electron chi connectivity index (χ4n) is 1.75. The standard InChI is InChI=1S/C11H13N3O2/c1-8-2-3-10(16-8)11(15)14-5-4-13-7-9(14)6-12/h2-3,9,13H,4-5,7H2,1H3. The summed E-state index contributed by atoms with van der Waals surface area (Å²) in [4.78, 5) is 13.6. The number of furan rings is 1. The lowest BCUT2D eigenvalue weighted by molar-refractivity contribution is 0.0653. The van der Waals surface area contributed by atoms with Gasteiger partial charge in [-0.05, 0) is 19.1 Å². The van der Waals surface area contributed by atoms with Crippen molar-refractivity contribution in [3.8, 4) is 6.07 Å². The highest BCUT2D eigenvalue weighted by Crippen LogP contribution is 2.12. The number of amides is 1. The van der Waals surface area contributed by atoms with Crippen LogP contribution in [0.5, 0.6) is 0 Å². The van der Waals surface area contributed by atoms with E-state index in [0.717, 1.165) is 0 Å². The van der Waals surface area contributed by atoms with Gasteiger partial charge in [0.05, 0.1) is 6.07 Å². The van der Waals surface area contributed by atoms with Crippen molar-refractivity contribution in [2.75, 3.05) is 19.6 Å². The second kappa shape index (κ2) is 4.37. The zero-order valence-corrected chi connectivity index (χ0v) is 9.06. The molecule has 0 bridgehead atoms. The normalized spacial score (nSPS) is 20.5. The van der Waals surface area contributed by atoms with Crippen LogP contribution in [0.15, 0.2) is 16.5 Å². The number of hydrogen-bond acceptors (Lipinski definition) is 4. The highest BCUT2D eigenvalue weighted by atomic mass is 16.3. The molecule has 0 aromatic carbocycles. The number of nitrogens with one attached hydrogen (secondary N) is 1. The molecule has 1 unspecified atom stereocenters. The summed E-state index contributed by atoms with van der Waals surface area (Å²) in [5, 5.41) is 12.0. The summed E-state index contributed by atoms with van der Waals surface area (Å²) >= 11 is 0. The third-order valence-corrected chi connectivity index (χ3v) is 2.60. The van der Waals surface area contributed by atoms with Crippen LogP contribution in [0, 0.1) is 18.3 Å². The molecule has 5 nitrogen and oxygen atoms in total. The van der Waals surface area contributed by atoms with Gasteiger partial charge < -0.3 is 14.6 Å². The first-order valence-corrected chi connectivity index (χ1v) is 5.20. The highest BCUT2D eigenvalue weighted by molar-refractivity contribution is 5.92. The van der Waals surface area contributed by atoms with E-state index in [-0.39, 0.29) is 5.91 Å². The SMILES string of the molecule is Cc1ccc(C(=O)N2CCNCC2C#N)o1. The molecule has 0 spiro atoms. The predicted octanol–water partition coefficient (Wildman–Crippen LogP) is 0.526. The van der Waals surface area contributed by atoms with Crippen LogP contribution in [-0.4, -0.2) is 36.5 Å². The number of carbonyl (C=O) groups is 1. The maximum atomic E-state index is 12.0. The maximum absolute atomic E-state index is 12.0.